The van der Waals surface area contributed by atoms with Crippen molar-refractivity contribution in [3.63, 3.8) is 0 Å². The van der Waals surface area contributed by atoms with Crippen molar-refractivity contribution in [3.05, 3.63) is 0 Å². The molecule has 0 radical (unpaired) electrons. The highest BCUT2D eigenvalue weighted by atomic mass is 14.9. The Hall–Kier alpha value is -0.0800. The Balaban J connectivity index is 1.92. The SMILES string of the molecule is CC(C)CCCCNCC1(N)CCCC1. The molecule has 0 aromatic heterocycles. The summed E-state index contributed by atoms with van der Waals surface area (Å²) in [6, 6.07) is 0. The van der Waals surface area contributed by atoms with Crippen LogP contribution in [-0.2, 0) is 0 Å². The molecule has 1 aliphatic rings. The summed E-state index contributed by atoms with van der Waals surface area (Å²) in [5, 5.41) is 3.52. The van der Waals surface area contributed by atoms with Crippen LogP contribution in [0.5, 0.6) is 0 Å². The summed E-state index contributed by atoms with van der Waals surface area (Å²) in [6.45, 7) is 6.75. The Morgan fingerprint density at radius 1 is 1.20 bits per heavy atom. The third kappa shape index (κ3) is 5.53. The van der Waals surface area contributed by atoms with E-state index >= 15 is 0 Å². The molecular weight excluding hydrogens is 184 g/mol. The van der Waals surface area contributed by atoms with Crippen LogP contribution in [0, 0.1) is 5.92 Å². The van der Waals surface area contributed by atoms with Crippen LogP contribution >= 0.6 is 0 Å². The van der Waals surface area contributed by atoms with Crippen molar-refractivity contribution >= 4 is 0 Å². The summed E-state index contributed by atoms with van der Waals surface area (Å²) in [5.41, 5.74) is 6.38. The fourth-order valence-corrected chi connectivity index (χ4v) is 2.40. The second-order valence-electron chi connectivity index (χ2n) is 5.64. The van der Waals surface area contributed by atoms with E-state index in [1.54, 1.807) is 0 Å². The predicted octanol–water partition coefficient (Wildman–Crippen LogP) is 2.67. The standard InChI is InChI=1S/C13H28N2/c1-12(2)7-3-6-10-15-11-13(14)8-4-5-9-13/h12,15H,3-11,14H2,1-2H3. The van der Waals surface area contributed by atoms with Gasteiger partial charge in [0, 0.05) is 12.1 Å². The van der Waals surface area contributed by atoms with Gasteiger partial charge in [0.25, 0.3) is 0 Å². The average Bonchev–Trinajstić information content (AvgIpc) is 2.58. The highest BCUT2D eigenvalue weighted by molar-refractivity contribution is 4.90. The molecular formula is C13H28N2. The minimum Gasteiger partial charge on any atom is -0.324 e. The molecule has 15 heavy (non-hydrogen) atoms. The normalized spacial score (nSPS) is 20.0. The second-order valence-corrected chi connectivity index (χ2v) is 5.64. The van der Waals surface area contributed by atoms with Crippen molar-refractivity contribution in [2.75, 3.05) is 13.1 Å². The van der Waals surface area contributed by atoms with Gasteiger partial charge in [0.15, 0.2) is 0 Å². The molecule has 0 atom stereocenters. The summed E-state index contributed by atoms with van der Waals surface area (Å²) in [5.74, 6) is 0.848. The van der Waals surface area contributed by atoms with Gasteiger partial charge in [0.2, 0.25) is 0 Å². The van der Waals surface area contributed by atoms with Crippen LogP contribution in [0.4, 0.5) is 0 Å². The Morgan fingerprint density at radius 3 is 2.47 bits per heavy atom. The lowest BCUT2D eigenvalue weighted by Gasteiger charge is -2.23. The number of hydrogen-bond acceptors (Lipinski definition) is 2. The maximum absolute atomic E-state index is 6.26. The summed E-state index contributed by atoms with van der Waals surface area (Å²) < 4.78 is 0. The van der Waals surface area contributed by atoms with Gasteiger partial charge in [0.05, 0.1) is 0 Å². The largest absolute Gasteiger partial charge is 0.324 e. The van der Waals surface area contributed by atoms with E-state index in [2.05, 4.69) is 19.2 Å². The first kappa shape index (κ1) is 13.0. The Bertz CT molecular complexity index is 160. The summed E-state index contributed by atoms with van der Waals surface area (Å²) in [4.78, 5) is 0. The highest BCUT2D eigenvalue weighted by Gasteiger charge is 2.28. The van der Waals surface area contributed by atoms with E-state index in [0.29, 0.717) is 0 Å². The quantitative estimate of drug-likeness (QED) is 0.637. The molecule has 0 heterocycles. The molecule has 0 aliphatic heterocycles. The van der Waals surface area contributed by atoms with E-state index in [1.807, 2.05) is 0 Å². The van der Waals surface area contributed by atoms with E-state index in [4.69, 9.17) is 5.73 Å². The first-order valence-corrected chi connectivity index (χ1v) is 6.62. The molecule has 2 nitrogen and oxygen atoms in total. The Morgan fingerprint density at radius 2 is 1.87 bits per heavy atom. The van der Waals surface area contributed by atoms with Crippen LogP contribution in [0.25, 0.3) is 0 Å². The molecule has 0 spiro atoms. The van der Waals surface area contributed by atoms with E-state index in [-0.39, 0.29) is 5.54 Å². The highest BCUT2D eigenvalue weighted by Crippen LogP contribution is 2.26. The summed E-state index contributed by atoms with van der Waals surface area (Å²) in [6.07, 6.45) is 9.08. The number of nitrogens with two attached hydrogens (primary N) is 1. The van der Waals surface area contributed by atoms with Crippen LogP contribution < -0.4 is 11.1 Å². The molecule has 1 aliphatic carbocycles. The van der Waals surface area contributed by atoms with Gasteiger partial charge in [-0.25, -0.2) is 0 Å². The van der Waals surface area contributed by atoms with Crippen molar-refractivity contribution in [2.24, 2.45) is 11.7 Å². The van der Waals surface area contributed by atoms with Gasteiger partial charge in [-0.3, -0.25) is 0 Å². The summed E-state index contributed by atoms with van der Waals surface area (Å²) >= 11 is 0. The van der Waals surface area contributed by atoms with Gasteiger partial charge in [-0.1, -0.05) is 39.5 Å². The number of hydrogen-bond donors (Lipinski definition) is 2. The first-order chi connectivity index (χ1) is 7.12. The Kier molecular flexibility index (Phi) is 5.62. The first-order valence-electron chi connectivity index (χ1n) is 6.62. The van der Waals surface area contributed by atoms with Gasteiger partial charge >= 0.3 is 0 Å². The number of unbranched alkanes of at least 4 members (excludes halogenated alkanes) is 1. The maximum Gasteiger partial charge on any atom is 0.0280 e. The topological polar surface area (TPSA) is 38.0 Å². The molecule has 0 aromatic rings. The van der Waals surface area contributed by atoms with E-state index in [0.717, 1.165) is 19.0 Å². The maximum atomic E-state index is 6.26. The zero-order valence-corrected chi connectivity index (χ0v) is 10.5. The minimum atomic E-state index is 0.123. The zero-order chi connectivity index (χ0) is 11.1. The smallest absolute Gasteiger partial charge is 0.0280 e. The second kappa shape index (κ2) is 6.49. The van der Waals surface area contributed by atoms with Crippen molar-refractivity contribution in [1.29, 1.82) is 0 Å². The summed E-state index contributed by atoms with van der Waals surface area (Å²) in [7, 11) is 0. The third-order valence-corrected chi connectivity index (χ3v) is 3.46. The van der Waals surface area contributed by atoms with Crippen LogP contribution in [0.2, 0.25) is 0 Å². The van der Waals surface area contributed by atoms with Gasteiger partial charge in [-0.15, -0.1) is 0 Å². The lowest BCUT2D eigenvalue weighted by molar-refractivity contribution is 0.399. The fraction of sp³-hybridized carbons (Fsp3) is 1.00. The molecule has 0 aromatic carbocycles. The van der Waals surface area contributed by atoms with Crippen LogP contribution in [0.1, 0.15) is 58.8 Å². The molecule has 0 amide bonds. The van der Waals surface area contributed by atoms with Gasteiger partial charge in [-0.2, -0.15) is 0 Å². The Labute approximate surface area is 95.0 Å². The molecule has 1 fully saturated rings. The monoisotopic (exact) mass is 212 g/mol. The van der Waals surface area contributed by atoms with Crippen molar-refractivity contribution in [1.82, 2.24) is 5.32 Å². The number of rotatable bonds is 7. The molecule has 1 rings (SSSR count). The van der Waals surface area contributed by atoms with Crippen molar-refractivity contribution in [2.45, 2.75) is 64.3 Å². The van der Waals surface area contributed by atoms with Gasteiger partial charge in [0.1, 0.15) is 0 Å². The molecule has 0 bridgehead atoms. The number of nitrogens with one attached hydrogen (secondary N) is 1. The van der Waals surface area contributed by atoms with Crippen molar-refractivity contribution in [3.8, 4) is 0 Å². The van der Waals surface area contributed by atoms with Gasteiger partial charge < -0.3 is 11.1 Å². The molecule has 0 saturated heterocycles. The minimum absolute atomic E-state index is 0.123. The lowest BCUT2D eigenvalue weighted by Crippen LogP contribution is -2.46. The van der Waals surface area contributed by atoms with Crippen LogP contribution in [0.3, 0.4) is 0 Å². The predicted molar refractivity (Wildman–Crippen MR) is 66.9 cm³/mol. The molecule has 0 unspecified atom stereocenters. The molecule has 1 saturated carbocycles. The zero-order valence-electron chi connectivity index (χ0n) is 10.5. The fourth-order valence-electron chi connectivity index (χ4n) is 2.40. The van der Waals surface area contributed by atoms with Crippen LogP contribution in [0.15, 0.2) is 0 Å². The molecule has 90 valence electrons. The van der Waals surface area contributed by atoms with E-state index in [1.165, 1.54) is 44.9 Å². The average molecular weight is 212 g/mol. The van der Waals surface area contributed by atoms with Crippen LogP contribution in [-0.4, -0.2) is 18.6 Å². The third-order valence-electron chi connectivity index (χ3n) is 3.46. The molecule has 3 N–H and O–H groups in total. The lowest BCUT2D eigenvalue weighted by atomic mass is 9.99. The van der Waals surface area contributed by atoms with E-state index < -0.39 is 0 Å². The van der Waals surface area contributed by atoms with E-state index in [9.17, 15) is 0 Å². The van der Waals surface area contributed by atoms with Crippen molar-refractivity contribution < 1.29 is 0 Å². The van der Waals surface area contributed by atoms with Gasteiger partial charge in [-0.05, 0) is 31.7 Å². The molecule has 2 heteroatoms.